The van der Waals surface area contributed by atoms with Gasteiger partial charge in [0.2, 0.25) is 0 Å². The van der Waals surface area contributed by atoms with Crippen LogP contribution in [-0.2, 0) is 13.0 Å². The van der Waals surface area contributed by atoms with Crippen LogP contribution in [0.15, 0.2) is 6.20 Å². The second kappa shape index (κ2) is 3.55. The predicted molar refractivity (Wildman–Crippen MR) is 54.1 cm³/mol. The van der Waals surface area contributed by atoms with Crippen molar-refractivity contribution < 1.29 is 0 Å². The van der Waals surface area contributed by atoms with Crippen LogP contribution in [0.1, 0.15) is 18.2 Å². The fourth-order valence-electron chi connectivity index (χ4n) is 1.68. The van der Waals surface area contributed by atoms with Crippen LogP contribution in [0.25, 0.3) is 0 Å². The molecular weight excluding hydrogens is 182 g/mol. The number of nitrogens with zero attached hydrogens (tertiary/aromatic N) is 2. The number of hydrogen-bond acceptors (Lipinski definition) is 3. The van der Waals surface area contributed by atoms with Crippen molar-refractivity contribution in [2.75, 3.05) is 13.1 Å². The average molecular weight is 195 g/mol. The highest BCUT2D eigenvalue weighted by Crippen LogP contribution is 2.14. The van der Waals surface area contributed by atoms with E-state index in [1.807, 2.05) is 6.20 Å². The molecule has 0 spiro atoms. The van der Waals surface area contributed by atoms with Gasteiger partial charge in [0.25, 0.3) is 0 Å². The molecule has 0 bridgehead atoms. The van der Waals surface area contributed by atoms with Gasteiger partial charge in [-0.2, -0.15) is 0 Å². The van der Waals surface area contributed by atoms with E-state index in [9.17, 15) is 0 Å². The van der Waals surface area contributed by atoms with Gasteiger partial charge >= 0.3 is 0 Å². The van der Waals surface area contributed by atoms with Crippen LogP contribution < -0.4 is 0 Å². The summed E-state index contributed by atoms with van der Waals surface area (Å²) in [7, 11) is 0. The standard InChI is InChI=1S/C9H13N3S/c1-2-12-4-3-8-7(6-12)5-10-9(13)11-8/h5H,2-4,6H2,1H3,(H,10,11,13). The Labute approximate surface area is 82.8 Å². The highest BCUT2D eigenvalue weighted by molar-refractivity contribution is 7.71. The maximum Gasteiger partial charge on any atom is 0.196 e. The van der Waals surface area contributed by atoms with Gasteiger partial charge < -0.3 is 4.98 Å². The van der Waals surface area contributed by atoms with Gasteiger partial charge in [0.05, 0.1) is 0 Å². The number of H-pyrrole nitrogens is 1. The van der Waals surface area contributed by atoms with Crippen LogP contribution >= 0.6 is 12.2 Å². The summed E-state index contributed by atoms with van der Waals surface area (Å²) in [5.74, 6) is 0. The summed E-state index contributed by atoms with van der Waals surface area (Å²) in [6, 6.07) is 0. The van der Waals surface area contributed by atoms with Crippen molar-refractivity contribution in [3.8, 4) is 0 Å². The summed E-state index contributed by atoms with van der Waals surface area (Å²) in [6.07, 6.45) is 2.96. The zero-order valence-corrected chi connectivity index (χ0v) is 8.52. The molecule has 1 aliphatic heterocycles. The van der Waals surface area contributed by atoms with Gasteiger partial charge in [-0.25, -0.2) is 4.98 Å². The van der Waals surface area contributed by atoms with Gasteiger partial charge in [0.15, 0.2) is 4.77 Å². The number of likely N-dealkylation sites (N-methyl/N-ethyl adjacent to an activating group) is 1. The molecule has 0 aliphatic carbocycles. The van der Waals surface area contributed by atoms with E-state index in [1.54, 1.807) is 0 Å². The molecule has 0 saturated carbocycles. The van der Waals surface area contributed by atoms with Crippen molar-refractivity contribution in [1.82, 2.24) is 14.9 Å². The number of rotatable bonds is 1. The van der Waals surface area contributed by atoms with Crippen LogP contribution in [0.5, 0.6) is 0 Å². The third-order valence-electron chi connectivity index (χ3n) is 2.50. The number of nitrogens with one attached hydrogen (secondary N) is 1. The zero-order valence-electron chi connectivity index (χ0n) is 7.71. The van der Waals surface area contributed by atoms with Crippen molar-refractivity contribution in [3.63, 3.8) is 0 Å². The molecule has 1 aliphatic rings. The summed E-state index contributed by atoms with van der Waals surface area (Å²) in [6.45, 7) is 5.42. The van der Waals surface area contributed by atoms with Gasteiger partial charge in [-0.05, 0) is 18.8 Å². The van der Waals surface area contributed by atoms with Gasteiger partial charge in [0, 0.05) is 37.0 Å². The van der Waals surface area contributed by atoms with Crippen molar-refractivity contribution in [1.29, 1.82) is 0 Å². The number of aromatic amines is 1. The maximum atomic E-state index is 4.98. The summed E-state index contributed by atoms with van der Waals surface area (Å²) >= 11 is 4.98. The second-order valence-corrected chi connectivity index (χ2v) is 3.70. The van der Waals surface area contributed by atoms with Crippen LogP contribution in [0.2, 0.25) is 0 Å². The first kappa shape index (κ1) is 8.84. The first-order valence-corrected chi connectivity index (χ1v) is 5.00. The van der Waals surface area contributed by atoms with Crippen molar-refractivity contribution in [2.45, 2.75) is 19.9 Å². The minimum Gasteiger partial charge on any atom is -0.334 e. The molecule has 1 aromatic rings. The van der Waals surface area contributed by atoms with Gasteiger partial charge in [-0.15, -0.1) is 0 Å². The topological polar surface area (TPSA) is 31.9 Å². The Kier molecular flexibility index (Phi) is 2.42. The molecule has 0 aromatic carbocycles. The van der Waals surface area contributed by atoms with E-state index in [2.05, 4.69) is 21.8 Å². The molecule has 1 aromatic heterocycles. The molecule has 13 heavy (non-hydrogen) atoms. The lowest BCUT2D eigenvalue weighted by molar-refractivity contribution is 0.265. The molecule has 1 N–H and O–H groups in total. The number of fused-ring (bicyclic) bond motifs is 1. The first-order chi connectivity index (χ1) is 6.29. The lowest BCUT2D eigenvalue weighted by atomic mass is 10.1. The minimum atomic E-state index is 0.601. The largest absolute Gasteiger partial charge is 0.334 e. The molecule has 0 amide bonds. The van der Waals surface area contributed by atoms with Crippen LogP contribution in [-0.4, -0.2) is 28.0 Å². The van der Waals surface area contributed by atoms with Gasteiger partial charge in [-0.3, -0.25) is 4.90 Å². The quantitative estimate of drug-likeness (QED) is 0.689. The zero-order chi connectivity index (χ0) is 9.26. The molecule has 2 rings (SSSR count). The molecule has 0 unspecified atom stereocenters. The molecule has 0 atom stereocenters. The summed E-state index contributed by atoms with van der Waals surface area (Å²) in [5, 5.41) is 0. The van der Waals surface area contributed by atoms with Crippen LogP contribution in [0.3, 0.4) is 0 Å². The molecule has 4 heteroatoms. The SMILES string of the molecule is CCN1CCc2[nH]c(=S)ncc2C1. The van der Waals surface area contributed by atoms with E-state index in [0.717, 1.165) is 26.1 Å². The minimum absolute atomic E-state index is 0.601. The number of hydrogen-bond donors (Lipinski definition) is 1. The normalized spacial score (nSPS) is 17.0. The highest BCUT2D eigenvalue weighted by atomic mass is 32.1. The molecule has 0 fully saturated rings. The predicted octanol–water partition coefficient (Wildman–Crippen LogP) is 1.52. The Balaban J connectivity index is 2.31. The molecule has 0 saturated heterocycles. The smallest absolute Gasteiger partial charge is 0.196 e. The van der Waals surface area contributed by atoms with Crippen LogP contribution in [0.4, 0.5) is 0 Å². The Hall–Kier alpha value is -0.740. The van der Waals surface area contributed by atoms with Crippen molar-refractivity contribution >= 4 is 12.2 Å². The molecular formula is C9H13N3S. The Morgan fingerprint density at radius 1 is 1.69 bits per heavy atom. The van der Waals surface area contributed by atoms with Crippen LogP contribution in [0, 0.1) is 4.77 Å². The Bertz CT molecular complexity index is 358. The lowest BCUT2D eigenvalue weighted by Gasteiger charge is -2.26. The van der Waals surface area contributed by atoms with Crippen molar-refractivity contribution in [2.24, 2.45) is 0 Å². The monoisotopic (exact) mass is 195 g/mol. The van der Waals surface area contributed by atoms with E-state index >= 15 is 0 Å². The van der Waals surface area contributed by atoms with Gasteiger partial charge in [0.1, 0.15) is 0 Å². The second-order valence-electron chi connectivity index (χ2n) is 3.31. The lowest BCUT2D eigenvalue weighted by Crippen LogP contribution is -2.30. The first-order valence-electron chi connectivity index (χ1n) is 4.59. The number of aromatic nitrogens is 2. The summed E-state index contributed by atoms with van der Waals surface area (Å²) in [5.41, 5.74) is 2.56. The van der Waals surface area contributed by atoms with E-state index < -0.39 is 0 Å². The maximum absolute atomic E-state index is 4.98. The fourth-order valence-corrected chi connectivity index (χ4v) is 1.85. The van der Waals surface area contributed by atoms with E-state index in [-0.39, 0.29) is 0 Å². The van der Waals surface area contributed by atoms with Gasteiger partial charge in [-0.1, -0.05) is 6.92 Å². The molecule has 2 heterocycles. The average Bonchev–Trinajstić information content (AvgIpc) is 2.17. The molecule has 3 nitrogen and oxygen atoms in total. The molecule has 70 valence electrons. The third kappa shape index (κ3) is 1.78. The Morgan fingerprint density at radius 3 is 3.31 bits per heavy atom. The van der Waals surface area contributed by atoms with E-state index in [1.165, 1.54) is 11.3 Å². The fraction of sp³-hybridized carbons (Fsp3) is 0.556. The van der Waals surface area contributed by atoms with E-state index in [0.29, 0.717) is 4.77 Å². The van der Waals surface area contributed by atoms with E-state index in [4.69, 9.17) is 12.2 Å². The summed E-state index contributed by atoms with van der Waals surface area (Å²) < 4.78 is 0.601. The van der Waals surface area contributed by atoms with Crippen molar-refractivity contribution in [3.05, 3.63) is 22.2 Å². The third-order valence-corrected chi connectivity index (χ3v) is 2.71. The Morgan fingerprint density at radius 2 is 2.54 bits per heavy atom. The highest BCUT2D eigenvalue weighted by Gasteiger charge is 2.14. The summed E-state index contributed by atoms with van der Waals surface area (Å²) in [4.78, 5) is 9.65. The molecule has 0 radical (unpaired) electrons.